The van der Waals surface area contributed by atoms with Gasteiger partial charge in [0.25, 0.3) is 0 Å². The van der Waals surface area contributed by atoms with Gasteiger partial charge in [-0.3, -0.25) is 14.5 Å². The summed E-state index contributed by atoms with van der Waals surface area (Å²) >= 11 is 0. The molecule has 0 saturated carbocycles. The average molecular weight is 297 g/mol. The van der Waals surface area contributed by atoms with E-state index >= 15 is 0 Å². The highest BCUT2D eigenvalue weighted by molar-refractivity contribution is 6.26. The molecule has 2 aliphatic rings. The number of rotatable bonds is 2. The quantitative estimate of drug-likeness (QED) is 0.764. The molecule has 22 heavy (non-hydrogen) atoms. The van der Waals surface area contributed by atoms with Gasteiger partial charge in [-0.15, -0.1) is 0 Å². The van der Waals surface area contributed by atoms with E-state index in [1.54, 1.807) is 24.3 Å². The molecule has 112 valence electrons. The Hall–Kier alpha value is -2.31. The molecule has 2 aromatic rings. The normalized spacial score (nSPS) is 18.2. The number of H-pyrrole nitrogens is 1. The Balaban J connectivity index is 1.67. The van der Waals surface area contributed by atoms with E-state index in [0.717, 1.165) is 13.1 Å². The first-order valence-electron chi connectivity index (χ1n) is 7.31. The lowest BCUT2D eigenvalue weighted by Gasteiger charge is -2.25. The summed E-state index contributed by atoms with van der Waals surface area (Å²) in [5.74, 6) is 0.307. The van der Waals surface area contributed by atoms with Gasteiger partial charge < -0.3 is 9.72 Å². The Kier molecular flexibility index (Phi) is 3.13. The maximum absolute atomic E-state index is 12.5. The molecule has 1 aliphatic heterocycles. The summed E-state index contributed by atoms with van der Waals surface area (Å²) < 4.78 is 5.31. The molecular formula is C16H15N3O3. The van der Waals surface area contributed by atoms with Crippen molar-refractivity contribution < 1.29 is 14.3 Å². The number of carbonyl (C=O) groups is 2. The van der Waals surface area contributed by atoms with Crippen LogP contribution in [0.5, 0.6) is 0 Å². The summed E-state index contributed by atoms with van der Waals surface area (Å²) in [6.45, 7) is 3.64. The van der Waals surface area contributed by atoms with E-state index in [1.807, 2.05) is 0 Å². The molecule has 1 N–H and O–H groups in total. The van der Waals surface area contributed by atoms with Crippen LogP contribution in [0, 0.1) is 0 Å². The first-order chi connectivity index (χ1) is 10.7. The van der Waals surface area contributed by atoms with Crippen molar-refractivity contribution in [3.8, 4) is 0 Å². The smallest absolute Gasteiger partial charge is 0.214 e. The van der Waals surface area contributed by atoms with E-state index in [2.05, 4.69) is 14.9 Å². The van der Waals surface area contributed by atoms with Crippen LogP contribution in [0.1, 0.15) is 37.9 Å². The second-order valence-electron chi connectivity index (χ2n) is 5.50. The number of fused-ring (bicyclic) bond motifs is 2. The number of morpholine rings is 1. The van der Waals surface area contributed by atoms with Crippen LogP contribution in [0.25, 0.3) is 0 Å². The number of carbonyl (C=O) groups excluding carboxylic acids is 2. The zero-order chi connectivity index (χ0) is 15.1. The predicted molar refractivity (Wildman–Crippen MR) is 78.0 cm³/mol. The van der Waals surface area contributed by atoms with Crippen molar-refractivity contribution in [3.63, 3.8) is 0 Å². The summed E-state index contributed by atoms with van der Waals surface area (Å²) in [6.07, 6.45) is 0. The molecule has 6 heteroatoms. The number of ketones is 2. The number of benzene rings is 1. The third-order valence-electron chi connectivity index (χ3n) is 4.09. The molecule has 2 heterocycles. The average Bonchev–Trinajstić information content (AvgIpc) is 2.98. The lowest BCUT2D eigenvalue weighted by atomic mass is 9.90. The van der Waals surface area contributed by atoms with Gasteiger partial charge in [0, 0.05) is 24.2 Å². The lowest BCUT2D eigenvalue weighted by Crippen LogP contribution is -2.35. The monoisotopic (exact) mass is 297 g/mol. The van der Waals surface area contributed by atoms with Crippen LogP contribution in [0.2, 0.25) is 0 Å². The second kappa shape index (κ2) is 5.15. The van der Waals surface area contributed by atoms with Crippen LogP contribution in [-0.4, -0.2) is 52.7 Å². The molecule has 6 nitrogen and oxygen atoms in total. The molecule has 1 saturated heterocycles. The maximum Gasteiger partial charge on any atom is 0.214 e. The first kappa shape index (κ1) is 13.4. The van der Waals surface area contributed by atoms with Gasteiger partial charge in [-0.05, 0) is 0 Å². The van der Waals surface area contributed by atoms with Crippen LogP contribution < -0.4 is 0 Å². The SMILES string of the molecule is O=C1c2ccccc2C(=O)c2[nH]c(CN3CCOCC3)nc21. The summed E-state index contributed by atoms with van der Waals surface area (Å²) in [7, 11) is 0. The van der Waals surface area contributed by atoms with Crippen LogP contribution in [-0.2, 0) is 11.3 Å². The van der Waals surface area contributed by atoms with Crippen molar-refractivity contribution in [2.75, 3.05) is 26.3 Å². The maximum atomic E-state index is 12.5. The summed E-state index contributed by atoms with van der Waals surface area (Å²) in [5.41, 5.74) is 1.44. The van der Waals surface area contributed by atoms with Crippen molar-refractivity contribution in [2.45, 2.75) is 6.54 Å². The molecule has 0 radical (unpaired) electrons. The molecule has 1 aromatic carbocycles. The standard InChI is InChI=1S/C16H15N3O3/c20-15-10-3-1-2-4-11(10)16(21)14-13(15)17-12(18-14)9-19-5-7-22-8-6-19/h1-4H,5-9H2,(H,17,18). The largest absolute Gasteiger partial charge is 0.379 e. The minimum Gasteiger partial charge on any atom is -0.379 e. The number of aromatic amines is 1. The van der Waals surface area contributed by atoms with Crippen molar-refractivity contribution in [3.05, 3.63) is 52.6 Å². The summed E-state index contributed by atoms with van der Waals surface area (Å²) in [4.78, 5) is 34.6. The fraction of sp³-hybridized carbons (Fsp3) is 0.312. The van der Waals surface area contributed by atoms with Crippen molar-refractivity contribution in [1.29, 1.82) is 0 Å². The number of hydrogen-bond donors (Lipinski definition) is 1. The summed E-state index contributed by atoms with van der Waals surface area (Å²) in [5, 5.41) is 0. The van der Waals surface area contributed by atoms with Gasteiger partial charge in [0.1, 0.15) is 17.2 Å². The zero-order valence-electron chi connectivity index (χ0n) is 12.0. The van der Waals surface area contributed by atoms with Crippen molar-refractivity contribution >= 4 is 11.6 Å². The van der Waals surface area contributed by atoms with E-state index < -0.39 is 0 Å². The second-order valence-corrected chi connectivity index (χ2v) is 5.50. The fourth-order valence-electron chi connectivity index (χ4n) is 2.94. The van der Waals surface area contributed by atoms with E-state index in [0.29, 0.717) is 42.4 Å². The Bertz CT molecular complexity index is 707. The highest BCUT2D eigenvalue weighted by atomic mass is 16.5. The Morgan fingerprint density at radius 1 is 1.09 bits per heavy atom. The molecule has 4 rings (SSSR count). The van der Waals surface area contributed by atoms with E-state index in [1.165, 1.54) is 0 Å². The number of imidazole rings is 1. The number of aromatic nitrogens is 2. The van der Waals surface area contributed by atoms with Crippen LogP contribution in [0.3, 0.4) is 0 Å². The number of hydrogen-bond acceptors (Lipinski definition) is 5. The van der Waals surface area contributed by atoms with Gasteiger partial charge >= 0.3 is 0 Å². The Labute approximate surface area is 127 Å². The minimum absolute atomic E-state index is 0.161. The molecule has 0 atom stereocenters. The van der Waals surface area contributed by atoms with E-state index in [4.69, 9.17) is 4.74 Å². The molecule has 0 spiro atoms. The van der Waals surface area contributed by atoms with Gasteiger partial charge in [0.05, 0.1) is 19.8 Å². The Morgan fingerprint density at radius 3 is 2.50 bits per heavy atom. The number of nitrogens with zero attached hydrogens (tertiary/aromatic N) is 2. The molecule has 0 bridgehead atoms. The third-order valence-corrected chi connectivity index (χ3v) is 4.09. The van der Waals surface area contributed by atoms with Crippen molar-refractivity contribution in [2.24, 2.45) is 0 Å². The van der Waals surface area contributed by atoms with E-state index in [9.17, 15) is 9.59 Å². The van der Waals surface area contributed by atoms with Gasteiger partial charge in [-0.2, -0.15) is 0 Å². The fourth-order valence-corrected chi connectivity index (χ4v) is 2.94. The van der Waals surface area contributed by atoms with Gasteiger partial charge in [0.2, 0.25) is 11.6 Å². The lowest BCUT2D eigenvalue weighted by molar-refractivity contribution is 0.0331. The zero-order valence-corrected chi connectivity index (χ0v) is 12.0. The minimum atomic E-state index is -0.185. The number of ether oxygens (including phenoxy) is 1. The molecule has 0 unspecified atom stereocenters. The third kappa shape index (κ3) is 2.08. The summed E-state index contributed by atoms with van der Waals surface area (Å²) in [6, 6.07) is 6.88. The molecule has 1 aliphatic carbocycles. The van der Waals surface area contributed by atoms with E-state index in [-0.39, 0.29) is 17.3 Å². The topological polar surface area (TPSA) is 75.3 Å². The molecule has 1 fully saturated rings. The highest BCUT2D eigenvalue weighted by Gasteiger charge is 2.33. The van der Waals surface area contributed by atoms with Gasteiger partial charge in [-0.1, -0.05) is 24.3 Å². The highest BCUT2D eigenvalue weighted by Crippen LogP contribution is 2.25. The van der Waals surface area contributed by atoms with Crippen LogP contribution in [0.15, 0.2) is 24.3 Å². The first-order valence-corrected chi connectivity index (χ1v) is 7.31. The van der Waals surface area contributed by atoms with Crippen molar-refractivity contribution in [1.82, 2.24) is 14.9 Å². The van der Waals surface area contributed by atoms with Gasteiger partial charge in [-0.25, -0.2) is 4.98 Å². The molecule has 0 amide bonds. The Morgan fingerprint density at radius 2 is 1.77 bits per heavy atom. The van der Waals surface area contributed by atoms with Gasteiger partial charge in [0.15, 0.2) is 0 Å². The molecular weight excluding hydrogens is 282 g/mol. The predicted octanol–water partition coefficient (Wildman–Crippen LogP) is 1.02. The van der Waals surface area contributed by atoms with Crippen LogP contribution >= 0.6 is 0 Å². The van der Waals surface area contributed by atoms with Crippen LogP contribution in [0.4, 0.5) is 0 Å². The molecule has 1 aromatic heterocycles. The number of nitrogens with one attached hydrogen (secondary N) is 1.